The molecule has 11 nitrogen and oxygen atoms in total. The number of halogens is 1. The number of aliphatic carboxylic acids is 1. The van der Waals surface area contributed by atoms with E-state index in [0.717, 1.165) is 17.8 Å². The largest absolute Gasteiger partial charge is 0.481 e. The first-order valence-electron chi connectivity index (χ1n) is 14.8. The van der Waals surface area contributed by atoms with Crippen molar-refractivity contribution in [2.24, 2.45) is 10.9 Å². The summed E-state index contributed by atoms with van der Waals surface area (Å²) < 4.78 is 31.2. The molecule has 1 amide bonds. The SMILES string of the molecule is COc1ncc(/C=C(\F)c2ccc(C#N)cn2)cc1C1(C)N=C(N(COCC[Si](C)(C)C)C(=O)OC(C)(C)C)SC2(C(=O)O)CC21. The molecule has 1 aliphatic carbocycles. The van der Waals surface area contributed by atoms with Crippen LogP contribution in [0.4, 0.5) is 9.18 Å². The molecule has 0 spiro atoms. The van der Waals surface area contributed by atoms with E-state index in [9.17, 15) is 14.7 Å². The maximum atomic E-state index is 15.3. The van der Waals surface area contributed by atoms with Gasteiger partial charge < -0.3 is 19.3 Å². The number of aromatic nitrogens is 2. The van der Waals surface area contributed by atoms with Crippen LogP contribution < -0.4 is 4.74 Å². The Morgan fingerprint density at radius 2 is 1.98 bits per heavy atom. The number of carboxylic acid groups (broad SMARTS) is 1. The van der Waals surface area contributed by atoms with Crippen molar-refractivity contribution in [2.75, 3.05) is 20.4 Å². The molecule has 14 heteroatoms. The van der Waals surface area contributed by atoms with Crippen molar-refractivity contribution in [1.82, 2.24) is 14.9 Å². The summed E-state index contributed by atoms with van der Waals surface area (Å²) in [6, 6.07) is 7.34. The molecule has 1 aliphatic heterocycles. The first-order chi connectivity index (χ1) is 21.4. The number of ether oxygens (including phenoxy) is 3. The molecule has 0 bridgehead atoms. The predicted molar refractivity (Wildman–Crippen MR) is 177 cm³/mol. The molecule has 1 saturated carbocycles. The fourth-order valence-corrected chi connectivity index (χ4v) is 7.31. The number of pyridine rings is 2. The molecule has 4 rings (SSSR count). The molecule has 1 fully saturated rings. The third-order valence-electron chi connectivity index (χ3n) is 7.66. The second kappa shape index (κ2) is 13.1. The van der Waals surface area contributed by atoms with Crippen molar-refractivity contribution in [3.8, 4) is 11.9 Å². The van der Waals surface area contributed by atoms with Gasteiger partial charge in [-0.3, -0.25) is 14.8 Å². The number of carboxylic acids is 1. The van der Waals surface area contributed by atoms with E-state index < -0.39 is 47.8 Å². The van der Waals surface area contributed by atoms with Crippen LogP contribution >= 0.6 is 11.8 Å². The lowest BCUT2D eigenvalue weighted by Crippen LogP contribution is -2.47. The van der Waals surface area contributed by atoms with E-state index in [4.69, 9.17) is 24.5 Å². The van der Waals surface area contributed by atoms with E-state index in [0.29, 0.717) is 23.3 Å². The van der Waals surface area contributed by atoms with Crippen LogP contribution in [-0.4, -0.2) is 76.1 Å². The van der Waals surface area contributed by atoms with Crippen LogP contribution in [0, 0.1) is 17.2 Å². The Labute approximate surface area is 273 Å². The summed E-state index contributed by atoms with van der Waals surface area (Å²) in [5.41, 5.74) is -0.940. The van der Waals surface area contributed by atoms with Crippen LogP contribution in [-0.2, 0) is 19.8 Å². The van der Waals surface area contributed by atoms with E-state index in [1.807, 2.05) is 6.07 Å². The van der Waals surface area contributed by atoms with Crippen molar-refractivity contribution in [3.05, 3.63) is 53.0 Å². The number of carbonyl (C=O) groups is 2. The Morgan fingerprint density at radius 3 is 2.54 bits per heavy atom. The number of aliphatic imine (C=N–C) groups is 1. The Balaban J connectivity index is 1.79. The number of nitrogens with zero attached hydrogens (tertiary/aromatic N) is 5. The summed E-state index contributed by atoms with van der Waals surface area (Å²) in [7, 11) is 0.00703. The number of thioether (sulfide) groups is 1. The van der Waals surface area contributed by atoms with Crippen LogP contribution in [0.1, 0.15) is 56.5 Å². The Bertz CT molecular complexity index is 1600. The Kier molecular flexibility index (Phi) is 10.0. The first-order valence-corrected chi connectivity index (χ1v) is 19.3. The smallest absolute Gasteiger partial charge is 0.418 e. The molecular formula is C32H40FN5O6SSi. The van der Waals surface area contributed by atoms with Crippen molar-refractivity contribution < 1.29 is 33.3 Å². The molecule has 3 heterocycles. The van der Waals surface area contributed by atoms with Crippen molar-refractivity contribution >= 4 is 49.0 Å². The number of methoxy groups -OCH3 is 1. The number of rotatable bonds is 10. The van der Waals surface area contributed by atoms with Gasteiger partial charge in [0.2, 0.25) is 5.88 Å². The normalized spacial score (nSPS) is 22.7. The van der Waals surface area contributed by atoms with Crippen molar-refractivity contribution in [2.45, 2.75) is 75.7 Å². The predicted octanol–water partition coefficient (Wildman–Crippen LogP) is 6.54. The summed E-state index contributed by atoms with van der Waals surface area (Å²) in [4.78, 5) is 41.0. The molecule has 3 atom stereocenters. The number of fused-ring (bicyclic) bond motifs is 1. The van der Waals surface area contributed by atoms with Gasteiger partial charge in [0.1, 0.15) is 29.0 Å². The highest BCUT2D eigenvalue weighted by molar-refractivity contribution is 8.15. The molecule has 1 N–H and O–H groups in total. The van der Waals surface area contributed by atoms with E-state index >= 15 is 4.39 Å². The van der Waals surface area contributed by atoms with Crippen LogP contribution in [0.25, 0.3) is 11.9 Å². The van der Waals surface area contributed by atoms with Crippen molar-refractivity contribution in [3.63, 3.8) is 0 Å². The summed E-state index contributed by atoms with van der Waals surface area (Å²) in [6.45, 7) is 13.9. The molecule has 2 aliphatic rings. The van der Waals surface area contributed by atoms with Gasteiger partial charge in [-0.1, -0.05) is 31.4 Å². The Morgan fingerprint density at radius 1 is 1.26 bits per heavy atom. The average molecular weight is 670 g/mol. The number of hydrogen-bond donors (Lipinski definition) is 1. The summed E-state index contributed by atoms with van der Waals surface area (Å²) in [5, 5.41) is 19.6. The van der Waals surface area contributed by atoms with Crippen LogP contribution in [0.3, 0.4) is 0 Å². The molecular weight excluding hydrogens is 630 g/mol. The molecule has 0 radical (unpaired) electrons. The minimum atomic E-state index is -1.43. The maximum Gasteiger partial charge on any atom is 0.418 e. The molecule has 3 unspecified atom stereocenters. The van der Waals surface area contributed by atoms with E-state index in [1.165, 1.54) is 42.6 Å². The quantitative estimate of drug-likeness (QED) is 0.168. The van der Waals surface area contributed by atoms with Gasteiger partial charge in [0.15, 0.2) is 5.17 Å². The lowest BCUT2D eigenvalue weighted by Gasteiger charge is -2.37. The standard InChI is InChI=1S/C32H40FN5O6SSi/c1-30(2,3)44-29(41)38(19-43-11-12-46(6,7)8)28-37-31(4,25-15-32(25,45-28)27(39)40)22-13-21(18-36-26(22)42-5)14-23(33)24-10-9-20(16-34)17-35-24/h9-10,13-14,17-18,25H,11-12,15,19H2,1-8H3,(H,39,40)/b23-14-. The average Bonchev–Trinajstić information content (AvgIpc) is 3.73. The number of amides is 1. The zero-order valence-electron chi connectivity index (χ0n) is 27.4. The first kappa shape index (κ1) is 35.1. The highest BCUT2D eigenvalue weighted by Crippen LogP contribution is 2.67. The molecule has 46 heavy (non-hydrogen) atoms. The minimum Gasteiger partial charge on any atom is -0.481 e. The summed E-state index contributed by atoms with van der Waals surface area (Å²) >= 11 is 1.01. The van der Waals surface area contributed by atoms with Gasteiger partial charge in [0.05, 0.1) is 23.9 Å². The Hall–Kier alpha value is -3.80. The van der Waals surface area contributed by atoms with Gasteiger partial charge in [-0.05, 0) is 70.0 Å². The van der Waals surface area contributed by atoms with E-state index in [1.54, 1.807) is 33.8 Å². The van der Waals surface area contributed by atoms with E-state index in [2.05, 4.69) is 29.6 Å². The monoisotopic (exact) mass is 669 g/mol. The third kappa shape index (κ3) is 7.76. The molecule has 0 aromatic carbocycles. The van der Waals surface area contributed by atoms with Gasteiger partial charge in [0, 0.05) is 38.6 Å². The van der Waals surface area contributed by atoms with Crippen LogP contribution in [0.2, 0.25) is 25.7 Å². The lowest BCUT2D eigenvalue weighted by atomic mass is 9.86. The molecule has 246 valence electrons. The maximum absolute atomic E-state index is 15.3. The van der Waals surface area contributed by atoms with E-state index in [-0.39, 0.29) is 29.9 Å². The van der Waals surface area contributed by atoms with Crippen LogP contribution in [0.15, 0.2) is 35.6 Å². The zero-order valence-corrected chi connectivity index (χ0v) is 29.2. The third-order valence-corrected chi connectivity index (χ3v) is 10.8. The second-order valence-electron chi connectivity index (χ2n) is 13.7. The summed E-state index contributed by atoms with van der Waals surface area (Å²) in [5.74, 6) is -1.99. The number of amidine groups is 1. The van der Waals surface area contributed by atoms with Crippen LogP contribution in [0.5, 0.6) is 5.88 Å². The minimum absolute atomic E-state index is 0.0335. The molecule has 2 aromatic rings. The lowest BCUT2D eigenvalue weighted by molar-refractivity contribution is -0.137. The summed E-state index contributed by atoms with van der Waals surface area (Å²) in [6.07, 6.45) is 3.50. The zero-order chi connectivity index (χ0) is 34.1. The molecule has 2 aromatic heterocycles. The van der Waals surface area contributed by atoms with Gasteiger partial charge >= 0.3 is 12.1 Å². The molecule has 0 saturated heterocycles. The van der Waals surface area contributed by atoms with Gasteiger partial charge in [-0.2, -0.15) is 5.26 Å². The van der Waals surface area contributed by atoms with Gasteiger partial charge in [-0.15, -0.1) is 0 Å². The van der Waals surface area contributed by atoms with Gasteiger partial charge in [0.25, 0.3) is 0 Å². The fraction of sp³-hybridized carbons (Fsp3) is 0.500. The highest BCUT2D eigenvalue weighted by atomic mass is 32.2. The second-order valence-corrected chi connectivity index (χ2v) is 20.6. The topological polar surface area (TPSA) is 147 Å². The number of hydrogen-bond acceptors (Lipinski definition) is 10. The highest BCUT2D eigenvalue weighted by Gasteiger charge is 2.72. The number of nitriles is 1. The number of carbonyl (C=O) groups excluding carboxylic acids is 1. The van der Waals surface area contributed by atoms with Crippen molar-refractivity contribution in [1.29, 1.82) is 5.26 Å². The van der Waals surface area contributed by atoms with Gasteiger partial charge in [-0.25, -0.2) is 19.1 Å². The fourth-order valence-electron chi connectivity index (χ4n) is 5.05.